The largest absolute Gasteiger partial charge is 0.468 e. The molecule has 5 rings (SSSR count). The molecule has 0 amide bonds. The van der Waals surface area contributed by atoms with Gasteiger partial charge in [0.15, 0.2) is 5.65 Å². The number of fused-ring (bicyclic) bond motifs is 1. The molecule has 4 atom stereocenters. The molecule has 2 aliphatic rings. The van der Waals surface area contributed by atoms with Gasteiger partial charge in [-0.2, -0.15) is 5.10 Å². The quantitative estimate of drug-likeness (QED) is 0.386. The molecule has 1 aliphatic heterocycles. The topological polar surface area (TPSA) is 73.1 Å². The molecule has 1 aliphatic carbocycles. The number of carbonyl (C=O) groups excluding carboxylic acids is 1. The molecule has 0 bridgehead atoms. The number of halogens is 2. The van der Waals surface area contributed by atoms with Crippen LogP contribution < -0.4 is 0 Å². The number of hydrogen-bond acceptors (Lipinski definition) is 6. The lowest BCUT2D eigenvalue weighted by Crippen LogP contribution is -2.47. The molecule has 1 aromatic carbocycles. The molecule has 3 aromatic rings. The zero-order valence-corrected chi connectivity index (χ0v) is 22.6. The number of benzene rings is 1. The van der Waals surface area contributed by atoms with Gasteiger partial charge in [-0.25, -0.2) is 14.6 Å². The summed E-state index contributed by atoms with van der Waals surface area (Å²) >= 11 is 12.6. The number of hydrogen-bond donors (Lipinski definition) is 0. The Labute approximate surface area is 221 Å². The van der Waals surface area contributed by atoms with Gasteiger partial charge in [-0.05, 0) is 75.3 Å². The average Bonchev–Trinajstić information content (AvgIpc) is 3.48. The van der Waals surface area contributed by atoms with Crippen molar-refractivity contribution in [3.05, 3.63) is 57.5 Å². The number of likely N-dealkylation sites (tertiary alicyclic amines) is 1. The molecule has 0 saturated carbocycles. The van der Waals surface area contributed by atoms with E-state index >= 15 is 0 Å². The highest BCUT2D eigenvalue weighted by Crippen LogP contribution is 2.37. The minimum atomic E-state index is -0.135. The molecule has 3 heterocycles. The maximum Gasteiger partial charge on any atom is 0.323 e. The molecule has 0 radical (unpaired) electrons. The standard InChI is InChI=1S/C27H31Cl2N5O2/c1-15-12-18(7-10-23(15)33-11-5-6-24(33)27(35)36-4)22-14-30-25-16(2)32-34(26(25)31-22)17(3)20-9-8-19(28)13-21(20)29/h7-9,13-15,17,23-24H,5-6,10-12H2,1-4H3/t15?,17-,23?,24+/m1/s1. The van der Waals surface area contributed by atoms with Crippen molar-refractivity contribution in [2.75, 3.05) is 13.7 Å². The SMILES string of the molecule is COC(=O)[C@@H]1CCCN1C1CC=C(c2cnc3c(C)nn([C@H](C)c4ccc(Cl)cc4Cl)c3n2)CC1C. The number of esters is 1. The fourth-order valence-corrected chi connectivity index (χ4v) is 6.32. The molecular formula is C27H31Cl2N5O2. The van der Waals surface area contributed by atoms with E-state index < -0.39 is 0 Å². The van der Waals surface area contributed by atoms with E-state index in [-0.39, 0.29) is 18.1 Å². The Morgan fingerprint density at radius 2 is 2.08 bits per heavy atom. The number of allylic oxidation sites excluding steroid dienone is 1. The molecule has 0 spiro atoms. The molecule has 1 saturated heterocycles. The minimum absolute atomic E-state index is 0.121. The highest BCUT2D eigenvalue weighted by molar-refractivity contribution is 6.35. The highest BCUT2D eigenvalue weighted by Gasteiger charge is 2.39. The second-order valence-electron chi connectivity index (χ2n) is 9.93. The lowest BCUT2D eigenvalue weighted by Gasteiger charge is -2.38. The van der Waals surface area contributed by atoms with Gasteiger partial charge in [-0.15, -0.1) is 0 Å². The number of ether oxygens (including phenoxy) is 1. The summed E-state index contributed by atoms with van der Waals surface area (Å²) in [5.74, 6) is 0.260. The molecule has 36 heavy (non-hydrogen) atoms. The predicted molar refractivity (Wildman–Crippen MR) is 142 cm³/mol. The van der Waals surface area contributed by atoms with Crippen LogP contribution in [-0.4, -0.2) is 56.4 Å². The van der Waals surface area contributed by atoms with Gasteiger partial charge in [0.1, 0.15) is 11.6 Å². The van der Waals surface area contributed by atoms with Crippen LogP contribution in [0, 0.1) is 12.8 Å². The van der Waals surface area contributed by atoms with Crippen molar-refractivity contribution in [1.29, 1.82) is 0 Å². The number of carbonyl (C=O) groups is 1. The van der Waals surface area contributed by atoms with Crippen LogP contribution in [0.25, 0.3) is 16.7 Å². The van der Waals surface area contributed by atoms with Crippen LogP contribution in [0.3, 0.4) is 0 Å². The summed E-state index contributed by atoms with van der Waals surface area (Å²) in [6, 6.07) is 5.57. The van der Waals surface area contributed by atoms with E-state index in [0.29, 0.717) is 22.0 Å². The van der Waals surface area contributed by atoms with Crippen molar-refractivity contribution in [3.63, 3.8) is 0 Å². The number of aromatic nitrogens is 4. The molecule has 9 heteroatoms. The van der Waals surface area contributed by atoms with E-state index in [1.807, 2.05) is 29.9 Å². The van der Waals surface area contributed by atoms with Crippen molar-refractivity contribution in [3.8, 4) is 0 Å². The molecule has 0 N–H and O–H groups in total. The maximum atomic E-state index is 12.3. The van der Waals surface area contributed by atoms with Crippen LogP contribution in [0.5, 0.6) is 0 Å². The molecule has 7 nitrogen and oxygen atoms in total. The second-order valence-corrected chi connectivity index (χ2v) is 10.8. The Bertz CT molecular complexity index is 1340. The van der Waals surface area contributed by atoms with Crippen LogP contribution >= 0.6 is 23.2 Å². The Morgan fingerprint density at radius 3 is 2.81 bits per heavy atom. The fraction of sp³-hybridized carbons (Fsp3) is 0.481. The first-order valence-electron chi connectivity index (χ1n) is 12.5. The summed E-state index contributed by atoms with van der Waals surface area (Å²) in [7, 11) is 1.48. The third-order valence-corrected chi connectivity index (χ3v) is 8.24. The molecule has 190 valence electrons. The minimum Gasteiger partial charge on any atom is -0.468 e. The Morgan fingerprint density at radius 1 is 1.28 bits per heavy atom. The zero-order chi connectivity index (χ0) is 25.6. The average molecular weight is 528 g/mol. The normalized spacial score (nSPS) is 23.6. The van der Waals surface area contributed by atoms with E-state index in [0.717, 1.165) is 60.3 Å². The number of aryl methyl sites for hydroxylation is 1. The van der Waals surface area contributed by atoms with Gasteiger partial charge >= 0.3 is 5.97 Å². The lowest BCUT2D eigenvalue weighted by molar-refractivity contribution is -0.147. The van der Waals surface area contributed by atoms with E-state index in [4.69, 9.17) is 43.0 Å². The summed E-state index contributed by atoms with van der Waals surface area (Å²) in [5.41, 5.74) is 5.34. The van der Waals surface area contributed by atoms with E-state index in [2.05, 4.69) is 24.8 Å². The van der Waals surface area contributed by atoms with Crippen LogP contribution in [0.4, 0.5) is 0 Å². The Hall–Kier alpha value is -2.48. The molecule has 2 aromatic heterocycles. The number of nitrogens with zero attached hydrogens (tertiary/aromatic N) is 5. The Kier molecular flexibility index (Phi) is 7.07. The first-order chi connectivity index (χ1) is 17.3. The van der Waals surface area contributed by atoms with E-state index in [1.54, 1.807) is 6.07 Å². The lowest BCUT2D eigenvalue weighted by atomic mass is 9.83. The van der Waals surface area contributed by atoms with Gasteiger partial charge < -0.3 is 4.74 Å². The van der Waals surface area contributed by atoms with E-state index in [9.17, 15) is 4.79 Å². The van der Waals surface area contributed by atoms with Gasteiger partial charge in [0.25, 0.3) is 0 Å². The van der Waals surface area contributed by atoms with Crippen LogP contribution in [0.2, 0.25) is 10.0 Å². The van der Waals surface area contributed by atoms with Gasteiger partial charge in [0.2, 0.25) is 0 Å². The van der Waals surface area contributed by atoms with Crippen molar-refractivity contribution >= 4 is 45.9 Å². The third kappa shape index (κ3) is 4.53. The third-order valence-electron chi connectivity index (χ3n) is 7.68. The van der Waals surface area contributed by atoms with Crippen LogP contribution in [0.15, 0.2) is 30.5 Å². The zero-order valence-electron chi connectivity index (χ0n) is 21.0. The Balaban J connectivity index is 1.44. The van der Waals surface area contributed by atoms with Gasteiger partial charge in [-0.1, -0.05) is 42.3 Å². The van der Waals surface area contributed by atoms with Crippen molar-refractivity contribution in [2.45, 2.75) is 64.6 Å². The van der Waals surface area contributed by atoms with Crippen LogP contribution in [0.1, 0.15) is 62.5 Å². The van der Waals surface area contributed by atoms with Crippen LogP contribution in [-0.2, 0) is 9.53 Å². The number of methoxy groups -OCH3 is 1. The van der Waals surface area contributed by atoms with Gasteiger partial charge in [-0.3, -0.25) is 9.69 Å². The summed E-state index contributed by atoms with van der Waals surface area (Å²) in [4.78, 5) is 24.4. The molecule has 2 unspecified atom stereocenters. The van der Waals surface area contributed by atoms with Gasteiger partial charge in [0, 0.05) is 16.1 Å². The highest BCUT2D eigenvalue weighted by atomic mass is 35.5. The number of rotatable bonds is 5. The summed E-state index contributed by atoms with van der Waals surface area (Å²) in [6.07, 6.45) is 7.77. The summed E-state index contributed by atoms with van der Waals surface area (Å²) in [5, 5.41) is 5.96. The first-order valence-corrected chi connectivity index (χ1v) is 13.2. The second kappa shape index (κ2) is 10.1. The fourth-order valence-electron chi connectivity index (χ4n) is 5.76. The predicted octanol–water partition coefficient (Wildman–Crippen LogP) is 5.87. The molecule has 1 fully saturated rings. The summed E-state index contributed by atoms with van der Waals surface area (Å²) < 4.78 is 6.96. The molecular weight excluding hydrogens is 497 g/mol. The van der Waals surface area contributed by atoms with Gasteiger partial charge in [0.05, 0.1) is 30.7 Å². The van der Waals surface area contributed by atoms with E-state index in [1.165, 1.54) is 12.7 Å². The van der Waals surface area contributed by atoms with Crippen molar-refractivity contribution < 1.29 is 9.53 Å². The first kappa shape index (κ1) is 25.2. The maximum absolute atomic E-state index is 12.3. The monoisotopic (exact) mass is 527 g/mol. The van der Waals surface area contributed by atoms with Crippen molar-refractivity contribution in [2.24, 2.45) is 5.92 Å². The summed E-state index contributed by atoms with van der Waals surface area (Å²) in [6.45, 7) is 7.20. The smallest absolute Gasteiger partial charge is 0.323 e. The van der Waals surface area contributed by atoms with Crippen molar-refractivity contribution in [1.82, 2.24) is 24.6 Å².